The number of hydrogen-bond donors (Lipinski definition) is 0. The molecule has 25 rings (SSSR count). The first kappa shape index (κ1) is 83.7. The largest absolute Gasteiger partial charge is 3.00 e. The van der Waals surface area contributed by atoms with Gasteiger partial charge in [0.25, 0.3) is 0 Å². The van der Waals surface area contributed by atoms with Crippen molar-refractivity contribution in [2.75, 3.05) is 0 Å². The topological polar surface area (TPSA) is 181 Å². The summed E-state index contributed by atoms with van der Waals surface area (Å²) in [6.07, 6.45) is 11.7. The van der Waals surface area contributed by atoms with E-state index in [1.807, 2.05) is 156 Å². The van der Waals surface area contributed by atoms with Crippen molar-refractivity contribution < 1.29 is 57.9 Å². The number of furan rings is 4. The molecule has 0 unspecified atom stereocenters. The van der Waals surface area contributed by atoms with Crippen molar-refractivity contribution in [2.24, 2.45) is 0 Å². The standard InChI is InChI=1S/C120H70N10O4.2Ir/c1-69-41-49-99-95-33-17-37-103(112(95)131-117(99)127-69)107-53-45-74(63-121-107)85-23-8-12-27-89(85)78-57-79(90-28-13-9-24-86(90)75-46-54-108(122-64-75)104-38-18-34-96-100-50-42-70(2)128-118(100)132-113(96)104)60-82(59-78)93-31-16-32-94(111(93)84-67-125-116(126-68-84)73-21-6-5-7-22-73)83-61-80(91-29-14-10-25-87(91)76-47-55-109(123-65-76)105-39-19-35-97-101-51-43-71(3)129-119(101)133-114(97)105)58-81(62-83)92-30-15-11-26-88(92)77-48-56-110(124-66-77)106-40-20-36-98-102-52-44-72(4)130-120(102)134-115(98)106;;/h5-20,23-36,41-68H,1-4H3;;/q-6;2*+3. The minimum Gasteiger partial charge on any atom is -0.486 e. The summed E-state index contributed by atoms with van der Waals surface area (Å²) in [4.78, 5) is 50.3. The molecule has 14 nitrogen and oxygen atoms in total. The molecule has 642 valence electrons. The summed E-state index contributed by atoms with van der Waals surface area (Å²) in [6, 6.07) is 130. The van der Waals surface area contributed by atoms with Crippen LogP contribution in [0.25, 0.3) is 267 Å². The molecular weight excluding hydrogens is 2030 g/mol. The predicted molar refractivity (Wildman–Crippen MR) is 532 cm³/mol. The van der Waals surface area contributed by atoms with Gasteiger partial charge in [0.2, 0.25) is 22.9 Å². The number of aromatic nitrogens is 10. The number of pyridine rings is 8. The number of benzene rings is 12. The third-order valence-electron chi connectivity index (χ3n) is 25.4. The number of nitrogens with zero attached hydrogens (tertiary/aromatic N) is 10. The SMILES string of the molecule is Cc1ccc2c(n1)oc1c(-c3ccc(-c4ccccc4-c4cc(-c5ccccc5-c5ccc(-c6[c-]ccc7c6oc6nc(C)ccc67)nc5)cc(-c5cccc(-c6cc(-c7ccccc7-c7ccc(-c8[c-]ccc9c8oc8nc(C)ccc89)nc7)cc(-c7ccccc7-c7ccc(-c8[c-]ccc9c8oc8nc(C)ccc89)nc7)c6)c5-c5cnc(-c6[c-]ccc[c-]6)nc5)c4)cn3)[c-]ccc12.[Ir+3].[Ir+3]. The molecular formula is C120H70Ir2N10O4. The Morgan fingerprint density at radius 3 is 0.721 bits per heavy atom. The maximum atomic E-state index is 6.52. The smallest absolute Gasteiger partial charge is 0.486 e. The fourth-order valence-electron chi connectivity index (χ4n) is 19.0. The molecule has 0 amide bonds. The molecule has 0 spiro atoms. The predicted octanol–water partition coefficient (Wildman–Crippen LogP) is 29.9. The van der Waals surface area contributed by atoms with E-state index in [0.29, 0.717) is 56.6 Å². The van der Waals surface area contributed by atoms with Crippen LogP contribution in [0.3, 0.4) is 0 Å². The van der Waals surface area contributed by atoms with Gasteiger partial charge < -0.3 is 47.6 Å². The van der Waals surface area contributed by atoms with E-state index in [1.54, 1.807) is 0 Å². The van der Waals surface area contributed by atoms with Crippen LogP contribution in [0, 0.1) is 64.1 Å². The fourth-order valence-corrected chi connectivity index (χ4v) is 19.0. The Morgan fingerprint density at radius 2 is 0.456 bits per heavy atom. The molecule has 13 aromatic heterocycles. The van der Waals surface area contributed by atoms with Gasteiger partial charge in [0.05, 0.1) is 22.3 Å². The molecule has 0 radical (unpaired) electrons. The molecule has 25 aromatic rings. The fraction of sp³-hybridized carbons (Fsp3) is 0.0333. The average Bonchev–Trinajstić information content (AvgIpc) is 1.42. The van der Waals surface area contributed by atoms with Gasteiger partial charge in [-0.3, -0.25) is 12.1 Å². The van der Waals surface area contributed by atoms with Crippen molar-refractivity contribution in [3.63, 3.8) is 0 Å². The summed E-state index contributed by atoms with van der Waals surface area (Å²) >= 11 is 0. The second-order valence-corrected chi connectivity index (χ2v) is 33.7. The summed E-state index contributed by atoms with van der Waals surface area (Å²) < 4.78 is 26.1. The minimum atomic E-state index is 0. The van der Waals surface area contributed by atoms with E-state index < -0.39 is 0 Å². The monoisotopic (exact) mass is 2100 g/mol. The van der Waals surface area contributed by atoms with Crippen LogP contribution >= 0.6 is 0 Å². The van der Waals surface area contributed by atoms with E-state index in [0.717, 1.165) is 233 Å². The van der Waals surface area contributed by atoms with Crippen molar-refractivity contribution in [1.29, 1.82) is 0 Å². The van der Waals surface area contributed by atoms with Gasteiger partial charge in [-0.25, -0.2) is 43.7 Å². The van der Waals surface area contributed by atoms with E-state index in [9.17, 15) is 0 Å². The van der Waals surface area contributed by atoms with Crippen LogP contribution < -0.4 is 0 Å². The first-order chi connectivity index (χ1) is 66.0. The molecule has 12 aromatic carbocycles. The molecule has 0 saturated heterocycles. The van der Waals surface area contributed by atoms with Gasteiger partial charge in [-0.1, -0.05) is 208 Å². The summed E-state index contributed by atoms with van der Waals surface area (Å²) in [7, 11) is 0. The van der Waals surface area contributed by atoms with E-state index in [2.05, 4.69) is 261 Å². The third-order valence-corrected chi connectivity index (χ3v) is 25.4. The Labute approximate surface area is 808 Å². The van der Waals surface area contributed by atoms with E-state index in [4.69, 9.17) is 67.5 Å². The van der Waals surface area contributed by atoms with Gasteiger partial charge in [0, 0.05) is 92.6 Å². The Balaban J connectivity index is 0.00000520. The van der Waals surface area contributed by atoms with Gasteiger partial charge in [-0.05, 0) is 252 Å². The normalized spacial score (nSPS) is 11.6. The maximum Gasteiger partial charge on any atom is 3.00 e. The zero-order chi connectivity index (χ0) is 89.2. The molecule has 0 aliphatic heterocycles. The number of rotatable bonds is 16. The van der Waals surface area contributed by atoms with E-state index in [-0.39, 0.29) is 40.2 Å². The van der Waals surface area contributed by atoms with Gasteiger partial charge in [0.1, 0.15) is 0 Å². The summed E-state index contributed by atoms with van der Waals surface area (Å²) in [6.45, 7) is 7.88. The van der Waals surface area contributed by atoms with Gasteiger partial charge in [0.15, 0.2) is 0 Å². The molecule has 0 saturated carbocycles. The number of fused-ring (bicyclic) bond motifs is 12. The first-order valence-electron chi connectivity index (χ1n) is 44.2. The Morgan fingerprint density at radius 1 is 0.206 bits per heavy atom. The van der Waals surface area contributed by atoms with Gasteiger partial charge in [-0.2, -0.15) is 0 Å². The van der Waals surface area contributed by atoms with Crippen LogP contribution in [-0.2, 0) is 40.2 Å². The summed E-state index contributed by atoms with van der Waals surface area (Å²) in [5.41, 5.74) is 35.8. The maximum absolute atomic E-state index is 6.52. The van der Waals surface area contributed by atoms with Crippen LogP contribution in [0.1, 0.15) is 22.8 Å². The van der Waals surface area contributed by atoms with E-state index in [1.165, 1.54) is 0 Å². The van der Waals surface area contributed by atoms with Crippen molar-refractivity contribution >= 4 is 88.3 Å². The van der Waals surface area contributed by atoms with Crippen molar-refractivity contribution in [2.45, 2.75) is 27.7 Å². The van der Waals surface area contributed by atoms with Crippen molar-refractivity contribution in [3.8, 4) is 179 Å². The van der Waals surface area contributed by atoms with Gasteiger partial charge >= 0.3 is 40.2 Å². The van der Waals surface area contributed by atoms with Crippen LogP contribution in [0.15, 0.2) is 370 Å². The Kier molecular flexibility index (Phi) is 21.3. The number of aryl methyl sites for hydroxylation is 4. The first-order valence-corrected chi connectivity index (χ1v) is 44.2. The van der Waals surface area contributed by atoms with Gasteiger partial charge in [-0.15, -0.1) is 72.8 Å². The Bertz CT molecular complexity index is 8120. The van der Waals surface area contributed by atoms with Crippen LogP contribution in [0.2, 0.25) is 0 Å². The van der Waals surface area contributed by atoms with Crippen molar-refractivity contribution in [1.82, 2.24) is 49.8 Å². The van der Waals surface area contributed by atoms with Crippen LogP contribution in [0.5, 0.6) is 0 Å². The minimum absolute atomic E-state index is 0. The van der Waals surface area contributed by atoms with E-state index >= 15 is 0 Å². The second-order valence-electron chi connectivity index (χ2n) is 33.7. The Hall–Kier alpha value is -16.6. The number of hydrogen-bond acceptors (Lipinski definition) is 14. The average molecular weight is 2100 g/mol. The molecule has 136 heavy (non-hydrogen) atoms. The molecule has 0 atom stereocenters. The second kappa shape index (κ2) is 34.5. The molecule has 0 aliphatic rings. The zero-order valence-electron chi connectivity index (χ0n) is 73.3. The zero-order valence-corrected chi connectivity index (χ0v) is 78.0. The molecule has 0 N–H and O–H groups in total. The quantitative estimate of drug-likeness (QED) is 0.0833. The van der Waals surface area contributed by atoms with Crippen LogP contribution in [0.4, 0.5) is 0 Å². The molecule has 0 fully saturated rings. The molecule has 0 aliphatic carbocycles. The molecule has 16 heteroatoms. The van der Waals surface area contributed by atoms with Crippen molar-refractivity contribution in [3.05, 3.63) is 412 Å². The van der Waals surface area contributed by atoms with Crippen LogP contribution in [-0.4, -0.2) is 49.8 Å². The third kappa shape index (κ3) is 14.8. The molecule has 13 heterocycles. The summed E-state index contributed by atoms with van der Waals surface area (Å²) in [5.74, 6) is 0.488. The summed E-state index contributed by atoms with van der Waals surface area (Å²) in [5, 5.41) is 7.56. The molecule has 0 bridgehead atoms.